The molecule has 0 atom stereocenters. The Labute approximate surface area is 294 Å². The third kappa shape index (κ3) is 37.5. The lowest BCUT2D eigenvalue weighted by molar-refractivity contribution is 0.133. The fourth-order valence-corrected chi connectivity index (χ4v) is 6.34. The Kier molecular flexibility index (Phi) is 35.2. The molecule has 0 saturated carbocycles. The van der Waals surface area contributed by atoms with Crippen molar-refractivity contribution in [2.45, 2.75) is 187 Å². The highest BCUT2D eigenvalue weighted by Gasteiger charge is 2.20. The number of hydrogen-bond acceptors (Lipinski definition) is 5. The van der Waals surface area contributed by atoms with Gasteiger partial charge in [-0.05, 0) is 91.1 Å². The van der Waals surface area contributed by atoms with Gasteiger partial charge in [-0.3, -0.25) is 0 Å². The molecule has 0 fully saturated rings. The molecule has 0 unspecified atom stereocenters. The summed E-state index contributed by atoms with van der Waals surface area (Å²) in [5, 5.41) is 0. The van der Waals surface area contributed by atoms with Crippen LogP contribution in [0.15, 0.2) is 48.6 Å². The largest absolute Gasteiger partial charge is 0.400 e. The summed E-state index contributed by atoms with van der Waals surface area (Å²) in [7, 11) is -0.169. The summed E-state index contributed by atoms with van der Waals surface area (Å²) < 4.78 is 35.7. The van der Waals surface area contributed by atoms with Crippen LogP contribution < -0.4 is 0 Å². The molecule has 0 bridgehead atoms. The van der Waals surface area contributed by atoms with Crippen molar-refractivity contribution in [1.82, 2.24) is 4.90 Å². The molecule has 0 radical (unpaired) electrons. The lowest BCUT2D eigenvalue weighted by atomic mass is 10.0. The first-order valence-electron chi connectivity index (χ1n) is 19.7. The van der Waals surface area contributed by atoms with E-state index in [-0.39, 0.29) is 12.7 Å². The molecule has 0 saturated heterocycles. The molecule has 47 heavy (non-hydrogen) atoms. The number of hydrogen-bond donors (Lipinski definition) is 0. The first kappa shape index (κ1) is 45.8. The summed E-state index contributed by atoms with van der Waals surface area (Å²) in [5.74, 6) is 0. The van der Waals surface area contributed by atoms with Crippen LogP contribution in [0.2, 0.25) is 0 Å². The van der Waals surface area contributed by atoms with E-state index >= 15 is 0 Å². The number of unbranched alkanes of at least 4 members (excludes halogenated alkanes) is 18. The van der Waals surface area contributed by atoms with Crippen LogP contribution in [0.25, 0.3) is 0 Å². The van der Waals surface area contributed by atoms with Crippen molar-refractivity contribution in [3.63, 3.8) is 0 Å². The summed E-state index contributed by atoms with van der Waals surface area (Å²) >= 11 is 0. The predicted octanol–water partition coefficient (Wildman–Crippen LogP) is 12.6. The average Bonchev–Trinajstić information content (AvgIpc) is 3.03. The molecule has 0 heterocycles. The molecular formula is C41H77NO4S. The highest BCUT2D eigenvalue weighted by atomic mass is 32.3. The Hall–Kier alpha value is -1.21. The van der Waals surface area contributed by atoms with E-state index in [4.69, 9.17) is 8.37 Å². The number of likely N-dealkylation sites (N-methyl/N-ethyl adjacent to an activating group) is 1. The molecule has 0 aliphatic heterocycles. The van der Waals surface area contributed by atoms with Crippen molar-refractivity contribution < 1.29 is 16.8 Å². The molecule has 0 aromatic rings. The van der Waals surface area contributed by atoms with Crippen LogP contribution in [-0.2, 0) is 18.8 Å². The first-order chi connectivity index (χ1) is 22.9. The number of rotatable bonds is 36. The van der Waals surface area contributed by atoms with E-state index in [1.165, 1.54) is 116 Å². The fraction of sp³-hybridized carbons (Fsp3) is 0.805. The minimum Gasteiger partial charge on any atom is -0.307 e. The van der Waals surface area contributed by atoms with Gasteiger partial charge in [0.05, 0.1) is 12.7 Å². The standard InChI is InChI=1S/C41H77NO4S/c1-5-7-9-11-13-15-17-19-21-23-25-27-29-31-33-35-37-41(46-47(43,44)45-40-39-42(3)4)38-36-34-32-30-28-26-24-22-20-18-16-14-12-10-8-6-2/h13-16,19-22,41H,5-12,17-18,23-40H2,1-4H3/b15-13-,16-14-,21-19-,22-20-. The molecule has 0 aliphatic rings. The second-order valence-electron chi connectivity index (χ2n) is 13.5. The second-order valence-corrected chi connectivity index (χ2v) is 14.7. The van der Waals surface area contributed by atoms with E-state index in [0.717, 1.165) is 51.4 Å². The molecule has 0 amide bonds. The van der Waals surface area contributed by atoms with Crippen LogP contribution >= 0.6 is 0 Å². The third-order valence-electron chi connectivity index (χ3n) is 8.47. The van der Waals surface area contributed by atoms with Crippen LogP contribution in [0, 0.1) is 0 Å². The molecule has 6 heteroatoms. The average molecular weight is 680 g/mol. The lowest BCUT2D eigenvalue weighted by Crippen LogP contribution is -2.24. The van der Waals surface area contributed by atoms with Gasteiger partial charge in [0.2, 0.25) is 0 Å². The van der Waals surface area contributed by atoms with Gasteiger partial charge in [-0.1, -0.05) is 152 Å². The van der Waals surface area contributed by atoms with Crippen molar-refractivity contribution >= 4 is 10.4 Å². The Morgan fingerprint density at radius 1 is 0.511 bits per heavy atom. The summed E-state index contributed by atoms with van der Waals surface area (Å²) in [6.45, 7) is 5.17. The van der Waals surface area contributed by atoms with E-state index in [0.29, 0.717) is 6.54 Å². The van der Waals surface area contributed by atoms with Crippen LogP contribution in [0.3, 0.4) is 0 Å². The molecule has 0 aromatic heterocycles. The minimum absolute atomic E-state index is 0.123. The Bertz CT molecular complexity index is 815. The van der Waals surface area contributed by atoms with E-state index in [9.17, 15) is 8.42 Å². The van der Waals surface area contributed by atoms with E-state index < -0.39 is 10.4 Å². The summed E-state index contributed by atoms with van der Waals surface area (Å²) in [6.07, 6.45) is 48.7. The van der Waals surface area contributed by atoms with Gasteiger partial charge in [0, 0.05) is 6.54 Å². The monoisotopic (exact) mass is 680 g/mol. The van der Waals surface area contributed by atoms with Crippen LogP contribution in [-0.4, -0.2) is 46.7 Å². The van der Waals surface area contributed by atoms with Crippen molar-refractivity contribution in [2.75, 3.05) is 27.2 Å². The zero-order chi connectivity index (χ0) is 34.5. The molecule has 276 valence electrons. The summed E-state index contributed by atoms with van der Waals surface area (Å²) in [6, 6.07) is 0. The van der Waals surface area contributed by atoms with Gasteiger partial charge >= 0.3 is 10.4 Å². The first-order valence-corrected chi connectivity index (χ1v) is 21.1. The maximum Gasteiger partial charge on any atom is 0.400 e. The number of nitrogens with zero attached hydrogens (tertiary/aromatic N) is 1. The van der Waals surface area contributed by atoms with Gasteiger partial charge in [-0.15, -0.1) is 0 Å². The van der Waals surface area contributed by atoms with E-state index in [1.54, 1.807) is 0 Å². The van der Waals surface area contributed by atoms with Crippen molar-refractivity contribution in [1.29, 1.82) is 0 Å². The van der Waals surface area contributed by atoms with E-state index in [2.05, 4.69) is 62.5 Å². The van der Waals surface area contributed by atoms with Gasteiger partial charge in [0.25, 0.3) is 0 Å². The third-order valence-corrected chi connectivity index (χ3v) is 9.44. The highest BCUT2D eigenvalue weighted by molar-refractivity contribution is 7.81. The van der Waals surface area contributed by atoms with Crippen LogP contribution in [0.1, 0.15) is 181 Å². The zero-order valence-electron chi connectivity index (χ0n) is 31.5. The molecule has 0 aliphatic carbocycles. The molecule has 0 spiro atoms. The smallest absolute Gasteiger partial charge is 0.307 e. The van der Waals surface area contributed by atoms with Crippen molar-refractivity contribution in [3.8, 4) is 0 Å². The fourth-order valence-electron chi connectivity index (χ4n) is 5.48. The molecular weight excluding hydrogens is 603 g/mol. The molecule has 5 nitrogen and oxygen atoms in total. The normalized spacial score (nSPS) is 12.9. The van der Waals surface area contributed by atoms with Gasteiger partial charge < -0.3 is 4.90 Å². The molecule has 0 rings (SSSR count). The topological polar surface area (TPSA) is 55.8 Å². The van der Waals surface area contributed by atoms with Gasteiger partial charge in [-0.2, -0.15) is 8.42 Å². The maximum absolute atomic E-state index is 12.5. The Morgan fingerprint density at radius 3 is 1.26 bits per heavy atom. The van der Waals surface area contributed by atoms with Crippen LogP contribution in [0.5, 0.6) is 0 Å². The number of allylic oxidation sites excluding steroid dienone is 8. The van der Waals surface area contributed by atoms with Crippen molar-refractivity contribution in [2.24, 2.45) is 0 Å². The Balaban J connectivity index is 4.15. The zero-order valence-corrected chi connectivity index (χ0v) is 32.3. The van der Waals surface area contributed by atoms with Crippen molar-refractivity contribution in [3.05, 3.63) is 48.6 Å². The van der Waals surface area contributed by atoms with Gasteiger partial charge in [0.15, 0.2) is 0 Å². The summed E-state index contributed by atoms with van der Waals surface area (Å²) in [5.41, 5.74) is 0. The highest BCUT2D eigenvalue weighted by Crippen LogP contribution is 2.19. The molecule has 0 aromatic carbocycles. The van der Waals surface area contributed by atoms with Gasteiger partial charge in [-0.25, -0.2) is 8.37 Å². The lowest BCUT2D eigenvalue weighted by Gasteiger charge is -2.18. The van der Waals surface area contributed by atoms with Gasteiger partial charge in [0.1, 0.15) is 0 Å². The van der Waals surface area contributed by atoms with E-state index in [1.807, 2.05) is 19.0 Å². The second kappa shape index (κ2) is 36.1. The predicted molar refractivity (Wildman–Crippen MR) is 206 cm³/mol. The maximum atomic E-state index is 12.5. The minimum atomic E-state index is -3.97. The van der Waals surface area contributed by atoms with Crippen LogP contribution in [0.4, 0.5) is 0 Å². The Morgan fingerprint density at radius 2 is 0.872 bits per heavy atom. The quantitative estimate of drug-likeness (QED) is 0.0487. The SMILES string of the molecule is CCCCC/C=C\C/C=C\CCCCCCCCC(CCCCCCCC/C=C\C/C=C\CCCCC)OS(=O)(=O)OCCN(C)C. The molecule has 0 N–H and O–H groups in total. The summed E-state index contributed by atoms with van der Waals surface area (Å²) in [4.78, 5) is 1.90.